The number of hydrogen-bond acceptors (Lipinski definition) is 5. The van der Waals surface area contributed by atoms with Crippen LogP contribution in [0, 0.1) is 5.92 Å². The van der Waals surface area contributed by atoms with Crippen molar-refractivity contribution in [3.63, 3.8) is 0 Å². The molecule has 1 aromatic rings. The van der Waals surface area contributed by atoms with Crippen molar-refractivity contribution in [3.05, 3.63) is 17.0 Å². The third-order valence-electron chi connectivity index (χ3n) is 5.75. The smallest absolute Gasteiger partial charge is 0.275 e. The number of carbonyl (C=O) groups is 3. The molecule has 9 heteroatoms. The molecule has 4 heterocycles. The second-order valence-electron chi connectivity index (χ2n) is 7.72. The Morgan fingerprint density at radius 2 is 2.00 bits per heavy atom. The Labute approximate surface area is 158 Å². The molecule has 0 bridgehead atoms. The van der Waals surface area contributed by atoms with Gasteiger partial charge in [0.05, 0.1) is 24.7 Å². The fourth-order valence-electron chi connectivity index (χ4n) is 4.27. The predicted octanol–water partition coefficient (Wildman–Crippen LogP) is -0.792. The van der Waals surface area contributed by atoms with E-state index >= 15 is 0 Å². The van der Waals surface area contributed by atoms with Gasteiger partial charge in [-0.05, 0) is 32.9 Å². The van der Waals surface area contributed by atoms with Gasteiger partial charge in [-0.1, -0.05) is 0 Å². The van der Waals surface area contributed by atoms with Crippen LogP contribution in [0.25, 0.3) is 0 Å². The molecule has 0 spiro atoms. The number of nitrogens with one attached hydrogen (secondary N) is 2. The molecule has 2 fully saturated rings. The number of fused-ring (bicyclic) bond motifs is 1. The number of nitrogens with zero attached hydrogens (tertiary/aromatic N) is 4. The summed E-state index contributed by atoms with van der Waals surface area (Å²) in [6, 6.07) is 0. The lowest BCUT2D eigenvalue weighted by molar-refractivity contribution is -0.138. The lowest BCUT2D eigenvalue weighted by atomic mass is 9.95. The Hall–Kier alpha value is -2.42. The number of likely N-dealkylation sites (tertiary alicyclic amines) is 1. The molecule has 3 aliphatic heterocycles. The molecule has 146 valence electrons. The Balaban J connectivity index is 1.45. The van der Waals surface area contributed by atoms with Crippen LogP contribution in [0.4, 0.5) is 0 Å². The number of H-pyrrole nitrogens is 1. The molecular formula is C18H26N6O3. The summed E-state index contributed by atoms with van der Waals surface area (Å²) < 4.78 is 0. The summed E-state index contributed by atoms with van der Waals surface area (Å²) in [6.07, 6.45) is 2.61. The van der Waals surface area contributed by atoms with Crippen LogP contribution >= 0.6 is 0 Å². The summed E-state index contributed by atoms with van der Waals surface area (Å²) in [5, 5.41) is 9.89. The van der Waals surface area contributed by atoms with E-state index in [1.165, 1.54) is 4.90 Å². The van der Waals surface area contributed by atoms with Gasteiger partial charge in [-0.15, -0.1) is 0 Å². The second-order valence-corrected chi connectivity index (χ2v) is 7.72. The fraction of sp³-hybridized carbons (Fsp3) is 0.667. The van der Waals surface area contributed by atoms with E-state index in [-0.39, 0.29) is 30.2 Å². The van der Waals surface area contributed by atoms with Crippen LogP contribution in [0.3, 0.4) is 0 Å². The van der Waals surface area contributed by atoms with Crippen molar-refractivity contribution in [2.45, 2.75) is 25.8 Å². The summed E-state index contributed by atoms with van der Waals surface area (Å²) >= 11 is 0. The van der Waals surface area contributed by atoms with Gasteiger partial charge in [0, 0.05) is 31.7 Å². The average molecular weight is 374 g/mol. The molecule has 3 amide bonds. The normalized spacial score (nSPS) is 23.7. The predicted molar refractivity (Wildman–Crippen MR) is 96.8 cm³/mol. The van der Waals surface area contributed by atoms with Gasteiger partial charge in [0.25, 0.3) is 5.91 Å². The van der Waals surface area contributed by atoms with Crippen molar-refractivity contribution >= 4 is 17.7 Å². The van der Waals surface area contributed by atoms with E-state index in [0.717, 1.165) is 37.2 Å². The zero-order valence-electron chi connectivity index (χ0n) is 15.7. The van der Waals surface area contributed by atoms with Crippen molar-refractivity contribution < 1.29 is 14.4 Å². The van der Waals surface area contributed by atoms with Crippen LogP contribution in [0.5, 0.6) is 0 Å². The molecule has 2 N–H and O–H groups in total. The fourth-order valence-corrected chi connectivity index (χ4v) is 4.27. The maximum atomic E-state index is 12.9. The topological polar surface area (TPSA) is 102 Å². The van der Waals surface area contributed by atoms with Crippen LogP contribution in [0.15, 0.2) is 0 Å². The van der Waals surface area contributed by atoms with Crippen molar-refractivity contribution in [2.75, 3.05) is 46.3 Å². The first-order valence-corrected chi connectivity index (χ1v) is 9.62. The largest absolute Gasteiger partial charge is 0.353 e. The van der Waals surface area contributed by atoms with Crippen molar-refractivity contribution in [3.8, 4) is 0 Å². The van der Waals surface area contributed by atoms with Gasteiger partial charge in [0.2, 0.25) is 11.8 Å². The van der Waals surface area contributed by atoms with Crippen molar-refractivity contribution in [1.29, 1.82) is 0 Å². The van der Waals surface area contributed by atoms with Crippen molar-refractivity contribution in [2.24, 2.45) is 5.92 Å². The molecule has 1 atom stereocenters. The van der Waals surface area contributed by atoms with E-state index in [1.54, 1.807) is 0 Å². The molecule has 0 radical (unpaired) electrons. The van der Waals surface area contributed by atoms with E-state index < -0.39 is 0 Å². The van der Waals surface area contributed by atoms with Crippen LogP contribution in [0.2, 0.25) is 0 Å². The van der Waals surface area contributed by atoms with E-state index in [0.29, 0.717) is 38.3 Å². The minimum Gasteiger partial charge on any atom is -0.353 e. The number of piperidine rings is 1. The molecular weight excluding hydrogens is 348 g/mol. The molecule has 1 unspecified atom stereocenters. The Morgan fingerprint density at radius 1 is 1.15 bits per heavy atom. The van der Waals surface area contributed by atoms with Crippen molar-refractivity contribution in [1.82, 2.24) is 30.2 Å². The number of amides is 3. The van der Waals surface area contributed by atoms with Crippen LogP contribution < -0.4 is 5.32 Å². The zero-order valence-corrected chi connectivity index (χ0v) is 15.7. The summed E-state index contributed by atoms with van der Waals surface area (Å²) in [5.41, 5.74) is 2.11. The lowest BCUT2D eigenvalue weighted by Crippen LogP contribution is -2.50. The zero-order chi connectivity index (χ0) is 19.0. The van der Waals surface area contributed by atoms with Gasteiger partial charge >= 0.3 is 0 Å². The molecule has 1 aromatic heterocycles. The number of aromatic nitrogens is 2. The summed E-state index contributed by atoms with van der Waals surface area (Å²) in [5.74, 6) is -0.104. The summed E-state index contributed by atoms with van der Waals surface area (Å²) in [7, 11) is 2.06. The van der Waals surface area contributed by atoms with E-state index in [2.05, 4.69) is 27.5 Å². The Kier molecular flexibility index (Phi) is 4.86. The molecule has 0 aliphatic carbocycles. The number of rotatable bonds is 2. The van der Waals surface area contributed by atoms with E-state index in [1.807, 2.05) is 4.90 Å². The first-order valence-electron chi connectivity index (χ1n) is 9.62. The van der Waals surface area contributed by atoms with Crippen LogP contribution in [-0.2, 0) is 22.6 Å². The first kappa shape index (κ1) is 18.0. The van der Waals surface area contributed by atoms with E-state index in [9.17, 15) is 14.4 Å². The molecule has 0 aromatic carbocycles. The minimum atomic E-state index is -0.212. The first-order chi connectivity index (χ1) is 13.0. The SMILES string of the molecule is CN1CCCC(C(=O)N2CCc3c(C(=O)N4CCNC(=O)C4)n[nH]c3C2)C1. The minimum absolute atomic E-state index is 0.0567. The maximum absolute atomic E-state index is 12.9. The maximum Gasteiger partial charge on any atom is 0.275 e. The Morgan fingerprint density at radius 3 is 2.78 bits per heavy atom. The molecule has 27 heavy (non-hydrogen) atoms. The highest BCUT2D eigenvalue weighted by Crippen LogP contribution is 2.25. The quantitative estimate of drug-likeness (QED) is 0.706. The highest BCUT2D eigenvalue weighted by atomic mass is 16.2. The molecule has 0 saturated carbocycles. The Bertz CT molecular complexity index is 760. The van der Waals surface area contributed by atoms with Gasteiger partial charge in [-0.3, -0.25) is 19.5 Å². The molecule has 2 saturated heterocycles. The number of hydrogen-bond donors (Lipinski definition) is 2. The average Bonchev–Trinajstić information content (AvgIpc) is 3.10. The third kappa shape index (κ3) is 3.55. The van der Waals surface area contributed by atoms with Gasteiger partial charge in [-0.2, -0.15) is 5.10 Å². The molecule has 4 rings (SSSR count). The highest BCUT2D eigenvalue weighted by Gasteiger charge is 2.33. The number of carbonyl (C=O) groups excluding carboxylic acids is 3. The number of piperazine rings is 1. The van der Waals surface area contributed by atoms with Gasteiger partial charge in [-0.25, -0.2) is 0 Å². The van der Waals surface area contributed by atoms with Crippen LogP contribution in [0.1, 0.15) is 34.6 Å². The van der Waals surface area contributed by atoms with Crippen LogP contribution in [-0.4, -0.2) is 88.9 Å². The summed E-state index contributed by atoms with van der Waals surface area (Å²) in [6.45, 7) is 3.96. The molecule has 3 aliphatic rings. The van der Waals surface area contributed by atoms with Gasteiger partial charge < -0.3 is 20.0 Å². The number of aromatic amines is 1. The lowest BCUT2D eigenvalue weighted by Gasteiger charge is -2.34. The monoisotopic (exact) mass is 374 g/mol. The van der Waals surface area contributed by atoms with Gasteiger partial charge in [0.15, 0.2) is 5.69 Å². The standard InChI is InChI=1S/C18H26N6O3/c1-22-6-2-3-12(9-22)17(26)23-7-4-13-14(10-23)20-21-16(13)18(27)24-8-5-19-15(25)11-24/h12H,2-11H2,1H3,(H,19,25)(H,20,21). The van der Waals surface area contributed by atoms with Gasteiger partial charge in [0.1, 0.15) is 0 Å². The summed E-state index contributed by atoms with van der Waals surface area (Å²) in [4.78, 5) is 42.8. The highest BCUT2D eigenvalue weighted by molar-refractivity contribution is 5.97. The van der Waals surface area contributed by atoms with E-state index in [4.69, 9.17) is 0 Å². The molecule has 9 nitrogen and oxygen atoms in total. The third-order valence-corrected chi connectivity index (χ3v) is 5.75. The second kappa shape index (κ2) is 7.30.